The Kier molecular flexibility index (Phi) is 4.23. The number of nitrogens with zero attached hydrogens (tertiary/aromatic N) is 1. The van der Waals surface area contributed by atoms with Crippen LogP contribution in [0.2, 0.25) is 0 Å². The summed E-state index contributed by atoms with van der Waals surface area (Å²) >= 11 is 0. The third-order valence-electron chi connectivity index (χ3n) is 3.05. The van der Waals surface area contributed by atoms with E-state index in [-0.39, 0.29) is 11.1 Å². The van der Waals surface area contributed by atoms with Crippen molar-refractivity contribution in [3.63, 3.8) is 0 Å². The van der Waals surface area contributed by atoms with E-state index in [4.69, 9.17) is 0 Å². The fourth-order valence-corrected chi connectivity index (χ4v) is 2.05. The van der Waals surface area contributed by atoms with Crippen LogP contribution in [0.15, 0.2) is 30.3 Å². The summed E-state index contributed by atoms with van der Waals surface area (Å²) in [5.41, 5.74) is 0.793. The topological polar surface area (TPSA) is 42.0 Å². The molecule has 0 fully saturated rings. The van der Waals surface area contributed by atoms with Gasteiger partial charge in [-0.3, -0.25) is 9.78 Å². The highest BCUT2D eigenvalue weighted by Gasteiger charge is 2.61. The van der Waals surface area contributed by atoms with Crippen molar-refractivity contribution in [2.24, 2.45) is 5.92 Å². The third kappa shape index (κ3) is 3.72. The number of aromatic nitrogens is 1. The molecule has 0 bridgehead atoms. The van der Waals surface area contributed by atoms with Crippen LogP contribution in [0.25, 0.3) is 10.9 Å². The van der Waals surface area contributed by atoms with Gasteiger partial charge in [0.25, 0.3) is 0 Å². The number of alkyl halides is 6. The number of nitrogens with one attached hydrogen (secondary N) is 1. The van der Waals surface area contributed by atoms with E-state index in [9.17, 15) is 31.1 Å². The van der Waals surface area contributed by atoms with Crippen molar-refractivity contribution in [1.82, 2.24) is 4.98 Å². The zero-order valence-corrected chi connectivity index (χ0v) is 11.6. The number of carbonyl (C=O) groups excluding carboxylic acids is 1. The van der Waals surface area contributed by atoms with E-state index in [0.717, 1.165) is 0 Å². The van der Waals surface area contributed by atoms with Crippen molar-refractivity contribution in [3.05, 3.63) is 36.0 Å². The molecule has 124 valence electrons. The maximum Gasteiger partial charge on any atom is 0.409 e. The highest BCUT2D eigenvalue weighted by molar-refractivity contribution is 6.02. The molecule has 1 aromatic carbocycles. The molecule has 0 aliphatic carbocycles. The van der Waals surface area contributed by atoms with E-state index < -0.39 is 24.2 Å². The number of rotatable bonds is 2. The largest absolute Gasteiger partial charge is 0.409 e. The summed E-state index contributed by atoms with van der Waals surface area (Å²) < 4.78 is 75.3. The number of hydrogen-bond acceptors (Lipinski definition) is 2. The summed E-state index contributed by atoms with van der Waals surface area (Å²) in [5.74, 6) is -6.28. The molecule has 1 heterocycles. The fraction of sp³-hybridized carbons (Fsp3) is 0.286. The molecular formula is C14H10F6N2O. The summed E-state index contributed by atoms with van der Waals surface area (Å²) in [6.45, 7) is 1.67. The van der Waals surface area contributed by atoms with Gasteiger partial charge in [-0.05, 0) is 31.2 Å². The van der Waals surface area contributed by atoms with E-state index >= 15 is 0 Å². The first-order valence-corrected chi connectivity index (χ1v) is 6.31. The van der Waals surface area contributed by atoms with Crippen LogP contribution in [0.4, 0.5) is 32.0 Å². The summed E-state index contributed by atoms with van der Waals surface area (Å²) in [7, 11) is 0. The lowest BCUT2D eigenvalue weighted by atomic mass is 10.1. The number of hydrogen-bond donors (Lipinski definition) is 1. The van der Waals surface area contributed by atoms with E-state index in [1.54, 1.807) is 12.2 Å². The monoisotopic (exact) mass is 336 g/mol. The normalized spacial score (nSPS) is 12.7. The molecular weight excluding hydrogens is 326 g/mol. The molecule has 0 radical (unpaired) electrons. The van der Waals surface area contributed by atoms with E-state index in [1.165, 1.54) is 30.3 Å². The first kappa shape index (κ1) is 17.0. The molecule has 3 nitrogen and oxygen atoms in total. The predicted octanol–water partition coefficient (Wildman–Crippen LogP) is 4.22. The lowest BCUT2D eigenvalue weighted by Gasteiger charge is -2.22. The van der Waals surface area contributed by atoms with Crippen LogP contribution in [0.3, 0.4) is 0 Å². The van der Waals surface area contributed by atoms with Gasteiger partial charge >= 0.3 is 12.4 Å². The number of carbonyl (C=O) groups is 1. The molecule has 0 aliphatic heterocycles. The first-order chi connectivity index (χ1) is 10.5. The minimum atomic E-state index is -5.73. The Morgan fingerprint density at radius 1 is 1.04 bits per heavy atom. The Balaban J connectivity index is 2.40. The van der Waals surface area contributed by atoms with Gasteiger partial charge in [-0.25, -0.2) is 0 Å². The second-order valence-corrected chi connectivity index (χ2v) is 4.83. The Morgan fingerprint density at radius 2 is 1.65 bits per heavy atom. The van der Waals surface area contributed by atoms with Crippen molar-refractivity contribution >= 4 is 22.5 Å². The second kappa shape index (κ2) is 5.71. The molecule has 0 spiro atoms. The minimum Gasteiger partial charge on any atom is -0.325 e. The standard InChI is InChI=1S/C14H10F6N2O/c1-7-5-6-8-9(21-7)3-2-4-10(8)22-12(23)11(13(15,16)17)14(18,19)20/h2-6,11H,1H3,(H,22,23). The maximum absolute atomic E-state index is 12.5. The molecule has 2 rings (SSSR count). The van der Waals surface area contributed by atoms with Gasteiger partial charge in [-0.15, -0.1) is 0 Å². The van der Waals surface area contributed by atoms with Crippen LogP contribution in [0, 0.1) is 12.8 Å². The molecule has 0 saturated heterocycles. The van der Waals surface area contributed by atoms with E-state index in [0.29, 0.717) is 11.2 Å². The third-order valence-corrected chi connectivity index (χ3v) is 3.05. The summed E-state index contributed by atoms with van der Waals surface area (Å²) in [6.07, 6.45) is -11.5. The van der Waals surface area contributed by atoms with Crippen LogP contribution in [-0.4, -0.2) is 23.2 Å². The molecule has 1 amide bonds. The highest BCUT2D eigenvalue weighted by atomic mass is 19.4. The molecule has 2 aromatic rings. The lowest BCUT2D eigenvalue weighted by molar-refractivity contribution is -0.272. The van der Waals surface area contributed by atoms with Crippen LogP contribution in [0.1, 0.15) is 5.69 Å². The molecule has 0 aliphatic rings. The number of anilines is 1. The molecule has 9 heteroatoms. The molecule has 1 N–H and O–H groups in total. The number of aryl methyl sites for hydroxylation is 1. The van der Waals surface area contributed by atoms with Crippen LogP contribution >= 0.6 is 0 Å². The fourth-order valence-electron chi connectivity index (χ4n) is 2.05. The van der Waals surface area contributed by atoms with Crippen molar-refractivity contribution in [2.75, 3.05) is 5.32 Å². The molecule has 0 unspecified atom stereocenters. The Bertz CT molecular complexity index is 724. The Labute approximate surface area is 126 Å². The number of benzene rings is 1. The van der Waals surface area contributed by atoms with Crippen LogP contribution in [0.5, 0.6) is 0 Å². The summed E-state index contributed by atoms with van der Waals surface area (Å²) in [6, 6.07) is 7.11. The molecule has 0 saturated carbocycles. The minimum absolute atomic E-state index is 0.168. The zero-order valence-electron chi connectivity index (χ0n) is 11.6. The first-order valence-electron chi connectivity index (χ1n) is 6.31. The molecule has 1 aromatic heterocycles. The van der Waals surface area contributed by atoms with Crippen LogP contribution < -0.4 is 5.32 Å². The zero-order chi connectivity index (χ0) is 17.4. The van der Waals surface area contributed by atoms with Gasteiger partial charge in [0.05, 0.1) is 11.2 Å². The van der Waals surface area contributed by atoms with Gasteiger partial charge in [0.2, 0.25) is 11.8 Å². The molecule has 0 atom stereocenters. The average Bonchev–Trinajstić information content (AvgIpc) is 2.34. The smallest absolute Gasteiger partial charge is 0.325 e. The van der Waals surface area contributed by atoms with Gasteiger partial charge in [-0.1, -0.05) is 6.07 Å². The molecule has 23 heavy (non-hydrogen) atoms. The predicted molar refractivity (Wildman–Crippen MR) is 70.7 cm³/mol. The number of amides is 1. The summed E-state index contributed by atoms with van der Waals surface area (Å²) in [4.78, 5) is 15.6. The van der Waals surface area contributed by atoms with Gasteiger partial charge in [0.15, 0.2) is 0 Å². The lowest BCUT2D eigenvalue weighted by Crippen LogP contribution is -2.45. The Morgan fingerprint density at radius 3 is 2.22 bits per heavy atom. The summed E-state index contributed by atoms with van der Waals surface area (Å²) in [5, 5.41) is 1.94. The highest BCUT2D eigenvalue weighted by Crippen LogP contribution is 2.40. The van der Waals surface area contributed by atoms with E-state index in [1.807, 2.05) is 0 Å². The van der Waals surface area contributed by atoms with Crippen molar-refractivity contribution in [1.29, 1.82) is 0 Å². The number of pyridine rings is 1. The maximum atomic E-state index is 12.5. The number of halogens is 6. The van der Waals surface area contributed by atoms with Crippen molar-refractivity contribution < 1.29 is 31.1 Å². The number of fused-ring (bicyclic) bond motifs is 1. The van der Waals surface area contributed by atoms with Gasteiger partial charge in [-0.2, -0.15) is 26.3 Å². The van der Waals surface area contributed by atoms with Crippen molar-refractivity contribution in [3.8, 4) is 0 Å². The Hall–Kier alpha value is -2.32. The second-order valence-electron chi connectivity index (χ2n) is 4.83. The SMILES string of the molecule is Cc1ccc2c(NC(=O)C(C(F)(F)F)C(F)(F)F)cccc2n1. The van der Waals surface area contributed by atoms with Gasteiger partial charge < -0.3 is 5.32 Å². The van der Waals surface area contributed by atoms with Crippen molar-refractivity contribution in [2.45, 2.75) is 19.3 Å². The van der Waals surface area contributed by atoms with Gasteiger partial charge in [0, 0.05) is 11.1 Å². The quantitative estimate of drug-likeness (QED) is 0.834. The van der Waals surface area contributed by atoms with Gasteiger partial charge in [0.1, 0.15) is 0 Å². The van der Waals surface area contributed by atoms with Crippen LogP contribution in [-0.2, 0) is 4.79 Å². The van der Waals surface area contributed by atoms with E-state index in [2.05, 4.69) is 4.98 Å². The average molecular weight is 336 g/mol.